The molecule has 1 fully saturated rings. The summed E-state index contributed by atoms with van der Waals surface area (Å²) in [6.07, 6.45) is 0.854. The molecule has 0 saturated carbocycles. The van der Waals surface area contributed by atoms with Gasteiger partial charge in [0, 0.05) is 19.3 Å². The van der Waals surface area contributed by atoms with Crippen LogP contribution in [0.1, 0.15) is 18.9 Å². The molecule has 2 rings (SSSR count). The number of carboxylic acids is 1. The van der Waals surface area contributed by atoms with E-state index in [-0.39, 0.29) is 24.6 Å². The van der Waals surface area contributed by atoms with Gasteiger partial charge in [-0.25, -0.2) is 4.79 Å². The van der Waals surface area contributed by atoms with Gasteiger partial charge in [0.1, 0.15) is 0 Å². The summed E-state index contributed by atoms with van der Waals surface area (Å²) in [7, 11) is 1.75. The van der Waals surface area contributed by atoms with Crippen LogP contribution in [0.15, 0.2) is 24.3 Å². The van der Waals surface area contributed by atoms with Gasteiger partial charge in [-0.15, -0.1) is 0 Å². The molecule has 1 aliphatic heterocycles. The minimum atomic E-state index is -0.873. The molecule has 114 valence electrons. The van der Waals surface area contributed by atoms with Gasteiger partial charge < -0.3 is 20.1 Å². The van der Waals surface area contributed by atoms with Crippen molar-refractivity contribution < 1.29 is 19.4 Å². The molecule has 2 amide bonds. The van der Waals surface area contributed by atoms with Crippen LogP contribution < -0.4 is 5.32 Å². The molecule has 0 radical (unpaired) electrons. The first kappa shape index (κ1) is 15.3. The Labute approximate surface area is 123 Å². The largest absolute Gasteiger partial charge is 0.481 e. The highest BCUT2D eigenvalue weighted by Crippen LogP contribution is 2.19. The van der Waals surface area contributed by atoms with Crippen LogP contribution in [-0.2, 0) is 16.0 Å². The van der Waals surface area contributed by atoms with Gasteiger partial charge in [0.05, 0.1) is 18.6 Å². The number of carbonyl (C=O) groups excluding carboxylic acids is 1. The van der Waals surface area contributed by atoms with Crippen LogP contribution in [0.4, 0.5) is 10.5 Å². The molecule has 1 aromatic rings. The van der Waals surface area contributed by atoms with Crippen molar-refractivity contribution >= 4 is 17.7 Å². The van der Waals surface area contributed by atoms with Crippen molar-refractivity contribution in [2.45, 2.75) is 31.9 Å². The van der Waals surface area contributed by atoms with Crippen molar-refractivity contribution in [1.82, 2.24) is 4.90 Å². The SMILES string of the molecule is CC1OCCC1N(C)C(=O)Nc1ccc(CC(=O)O)cc1. The lowest BCUT2D eigenvalue weighted by molar-refractivity contribution is -0.136. The summed E-state index contributed by atoms with van der Waals surface area (Å²) in [6.45, 7) is 2.63. The number of hydrogen-bond acceptors (Lipinski definition) is 3. The summed E-state index contributed by atoms with van der Waals surface area (Å²) in [5.74, 6) is -0.873. The fraction of sp³-hybridized carbons (Fsp3) is 0.467. The Balaban J connectivity index is 1.94. The number of hydrogen-bond donors (Lipinski definition) is 2. The van der Waals surface area contributed by atoms with E-state index in [4.69, 9.17) is 9.84 Å². The molecule has 0 aromatic heterocycles. The predicted octanol–water partition coefficient (Wildman–Crippen LogP) is 1.95. The summed E-state index contributed by atoms with van der Waals surface area (Å²) in [5.41, 5.74) is 1.35. The van der Waals surface area contributed by atoms with Gasteiger partial charge in [-0.3, -0.25) is 4.79 Å². The number of ether oxygens (including phenoxy) is 1. The van der Waals surface area contributed by atoms with Crippen LogP contribution in [0.25, 0.3) is 0 Å². The minimum Gasteiger partial charge on any atom is -0.481 e. The van der Waals surface area contributed by atoms with Gasteiger partial charge in [0.15, 0.2) is 0 Å². The molecule has 2 N–H and O–H groups in total. The second kappa shape index (κ2) is 6.58. The molecule has 21 heavy (non-hydrogen) atoms. The molecule has 2 atom stereocenters. The summed E-state index contributed by atoms with van der Waals surface area (Å²) >= 11 is 0. The quantitative estimate of drug-likeness (QED) is 0.889. The zero-order chi connectivity index (χ0) is 15.4. The predicted molar refractivity (Wildman–Crippen MR) is 78.4 cm³/mol. The molecular weight excluding hydrogens is 272 g/mol. The smallest absolute Gasteiger partial charge is 0.321 e. The number of carbonyl (C=O) groups is 2. The molecule has 1 saturated heterocycles. The third-order valence-corrected chi connectivity index (χ3v) is 3.71. The van der Waals surface area contributed by atoms with Crippen LogP contribution in [0.3, 0.4) is 0 Å². The highest BCUT2D eigenvalue weighted by Gasteiger charge is 2.30. The molecule has 2 unspecified atom stereocenters. The Kier molecular flexibility index (Phi) is 4.80. The van der Waals surface area contributed by atoms with Crippen LogP contribution in [0, 0.1) is 0 Å². The van der Waals surface area contributed by atoms with Crippen molar-refractivity contribution in [2.75, 3.05) is 19.0 Å². The molecule has 1 aromatic carbocycles. The van der Waals surface area contributed by atoms with Crippen LogP contribution in [0.5, 0.6) is 0 Å². The summed E-state index contributed by atoms with van der Waals surface area (Å²) in [5, 5.41) is 11.5. The van der Waals surface area contributed by atoms with Gasteiger partial charge in [0.2, 0.25) is 0 Å². The second-order valence-electron chi connectivity index (χ2n) is 5.24. The lowest BCUT2D eigenvalue weighted by atomic mass is 10.1. The van der Waals surface area contributed by atoms with Crippen LogP contribution in [-0.4, -0.2) is 47.8 Å². The van der Waals surface area contributed by atoms with Crippen molar-refractivity contribution in [1.29, 1.82) is 0 Å². The first-order valence-corrected chi connectivity index (χ1v) is 6.93. The highest BCUT2D eigenvalue weighted by molar-refractivity contribution is 5.89. The molecule has 1 heterocycles. The first-order valence-electron chi connectivity index (χ1n) is 6.93. The van der Waals surface area contributed by atoms with E-state index in [1.54, 1.807) is 36.2 Å². The standard InChI is InChI=1S/C15H20N2O4/c1-10-13(7-8-21-10)17(2)15(20)16-12-5-3-11(4-6-12)9-14(18)19/h3-6,10,13H,7-9H2,1-2H3,(H,16,20)(H,18,19). The Morgan fingerprint density at radius 3 is 2.57 bits per heavy atom. The monoisotopic (exact) mass is 292 g/mol. The summed E-state index contributed by atoms with van der Waals surface area (Å²) in [4.78, 5) is 24.4. The Morgan fingerprint density at radius 2 is 2.05 bits per heavy atom. The molecule has 0 spiro atoms. The van der Waals surface area contributed by atoms with Gasteiger partial charge >= 0.3 is 12.0 Å². The number of carboxylic acid groups (broad SMARTS) is 1. The maximum Gasteiger partial charge on any atom is 0.321 e. The average Bonchev–Trinajstić information content (AvgIpc) is 2.85. The number of likely N-dealkylation sites (N-methyl/N-ethyl adjacent to an activating group) is 1. The van der Waals surface area contributed by atoms with Crippen molar-refractivity contribution in [3.8, 4) is 0 Å². The van der Waals surface area contributed by atoms with Crippen molar-refractivity contribution in [2.24, 2.45) is 0 Å². The maximum atomic E-state index is 12.2. The number of rotatable bonds is 4. The van der Waals surface area contributed by atoms with Gasteiger partial charge in [-0.2, -0.15) is 0 Å². The van der Waals surface area contributed by atoms with Gasteiger partial charge in [-0.1, -0.05) is 12.1 Å². The van der Waals surface area contributed by atoms with E-state index in [1.807, 2.05) is 6.92 Å². The molecule has 0 bridgehead atoms. The highest BCUT2D eigenvalue weighted by atomic mass is 16.5. The Bertz CT molecular complexity index is 515. The van der Waals surface area contributed by atoms with E-state index < -0.39 is 5.97 Å². The lowest BCUT2D eigenvalue weighted by Gasteiger charge is -2.26. The summed E-state index contributed by atoms with van der Waals surface area (Å²) in [6, 6.07) is 6.70. The van der Waals surface area contributed by atoms with Crippen molar-refractivity contribution in [3.05, 3.63) is 29.8 Å². The number of benzene rings is 1. The number of anilines is 1. The number of nitrogens with one attached hydrogen (secondary N) is 1. The van der Waals surface area contributed by atoms with Crippen LogP contribution in [0.2, 0.25) is 0 Å². The number of nitrogens with zero attached hydrogens (tertiary/aromatic N) is 1. The first-order chi connectivity index (χ1) is 9.97. The van der Waals surface area contributed by atoms with E-state index >= 15 is 0 Å². The van der Waals surface area contributed by atoms with Gasteiger partial charge in [-0.05, 0) is 31.0 Å². The lowest BCUT2D eigenvalue weighted by Crippen LogP contribution is -2.43. The fourth-order valence-corrected chi connectivity index (χ4v) is 2.47. The molecule has 0 aliphatic carbocycles. The molecule has 6 heteroatoms. The normalized spacial score (nSPS) is 21.0. The van der Waals surface area contributed by atoms with E-state index in [1.165, 1.54) is 0 Å². The molecule has 1 aliphatic rings. The Hall–Kier alpha value is -2.08. The third-order valence-electron chi connectivity index (χ3n) is 3.71. The Morgan fingerprint density at radius 1 is 1.38 bits per heavy atom. The van der Waals surface area contributed by atoms with E-state index in [2.05, 4.69) is 5.32 Å². The second-order valence-corrected chi connectivity index (χ2v) is 5.24. The fourth-order valence-electron chi connectivity index (χ4n) is 2.47. The van der Waals surface area contributed by atoms with E-state index in [9.17, 15) is 9.59 Å². The van der Waals surface area contributed by atoms with E-state index in [0.717, 1.165) is 6.42 Å². The average molecular weight is 292 g/mol. The zero-order valence-electron chi connectivity index (χ0n) is 12.2. The van der Waals surface area contributed by atoms with Gasteiger partial charge in [0.25, 0.3) is 0 Å². The zero-order valence-corrected chi connectivity index (χ0v) is 12.2. The summed E-state index contributed by atoms with van der Waals surface area (Å²) < 4.78 is 5.46. The van der Waals surface area contributed by atoms with E-state index in [0.29, 0.717) is 17.9 Å². The minimum absolute atomic E-state index is 0.0228. The molecular formula is C15H20N2O4. The number of aliphatic carboxylic acids is 1. The maximum absolute atomic E-state index is 12.2. The number of amides is 2. The van der Waals surface area contributed by atoms with Crippen molar-refractivity contribution in [3.63, 3.8) is 0 Å². The van der Waals surface area contributed by atoms with Crippen LogP contribution >= 0.6 is 0 Å². The molecule has 6 nitrogen and oxygen atoms in total. The third kappa shape index (κ3) is 3.95. The number of urea groups is 1. The topological polar surface area (TPSA) is 78.9 Å².